The van der Waals surface area contributed by atoms with Gasteiger partial charge in [-0.15, -0.1) is 0 Å². The SMILES string of the molecule is O=C(COC(F)F)Nc1ccn[nH]1. The average Bonchev–Trinajstić information content (AvgIpc) is 2.53. The van der Waals surface area contributed by atoms with Crippen molar-refractivity contribution >= 4 is 11.7 Å². The monoisotopic (exact) mass is 191 g/mol. The molecular formula is C6H7F2N3O2. The largest absolute Gasteiger partial charge is 0.345 e. The van der Waals surface area contributed by atoms with Gasteiger partial charge in [-0.2, -0.15) is 13.9 Å². The Morgan fingerprint density at radius 1 is 1.77 bits per heavy atom. The van der Waals surface area contributed by atoms with Gasteiger partial charge in [0.25, 0.3) is 5.91 Å². The number of aromatic nitrogens is 2. The Morgan fingerprint density at radius 3 is 3.08 bits per heavy atom. The van der Waals surface area contributed by atoms with Crippen molar-refractivity contribution in [1.82, 2.24) is 10.2 Å². The van der Waals surface area contributed by atoms with E-state index in [1.807, 2.05) is 0 Å². The van der Waals surface area contributed by atoms with Gasteiger partial charge in [-0.3, -0.25) is 9.89 Å². The zero-order valence-corrected chi connectivity index (χ0v) is 6.46. The predicted molar refractivity (Wildman–Crippen MR) is 39.2 cm³/mol. The van der Waals surface area contributed by atoms with Gasteiger partial charge in [0.05, 0.1) is 6.20 Å². The van der Waals surface area contributed by atoms with Crippen molar-refractivity contribution in [2.75, 3.05) is 11.9 Å². The molecule has 0 aliphatic carbocycles. The molecule has 1 aromatic heterocycles. The summed E-state index contributed by atoms with van der Waals surface area (Å²) in [5, 5.41) is 8.23. The lowest BCUT2D eigenvalue weighted by Crippen LogP contribution is -2.20. The van der Waals surface area contributed by atoms with E-state index in [9.17, 15) is 13.6 Å². The van der Waals surface area contributed by atoms with Crippen LogP contribution in [0.4, 0.5) is 14.6 Å². The molecule has 13 heavy (non-hydrogen) atoms. The number of amides is 1. The van der Waals surface area contributed by atoms with Gasteiger partial charge in [-0.1, -0.05) is 0 Å². The van der Waals surface area contributed by atoms with E-state index in [0.29, 0.717) is 5.82 Å². The summed E-state index contributed by atoms with van der Waals surface area (Å²) in [4.78, 5) is 10.8. The molecule has 0 atom stereocenters. The Labute approximate surface area is 72.1 Å². The number of carbonyl (C=O) groups excluding carboxylic acids is 1. The molecule has 0 saturated heterocycles. The third kappa shape index (κ3) is 3.61. The number of alkyl halides is 2. The minimum Gasteiger partial charge on any atom is -0.313 e. The van der Waals surface area contributed by atoms with E-state index in [2.05, 4.69) is 20.3 Å². The smallest absolute Gasteiger partial charge is 0.313 e. The van der Waals surface area contributed by atoms with Crippen LogP contribution in [-0.2, 0) is 9.53 Å². The van der Waals surface area contributed by atoms with E-state index in [1.54, 1.807) is 0 Å². The maximum Gasteiger partial charge on any atom is 0.345 e. The number of nitrogens with one attached hydrogen (secondary N) is 2. The highest BCUT2D eigenvalue weighted by molar-refractivity contribution is 5.90. The molecule has 1 aromatic rings. The van der Waals surface area contributed by atoms with Crippen molar-refractivity contribution in [1.29, 1.82) is 0 Å². The standard InChI is InChI=1S/C6H7F2N3O2/c7-6(8)13-3-5(12)10-4-1-2-9-11-4/h1-2,6H,3H2,(H2,9,10,11,12). The molecule has 0 aliphatic heterocycles. The summed E-state index contributed by atoms with van der Waals surface area (Å²) in [7, 11) is 0. The molecule has 2 N–H and O–H groups in total. The van der Waals surface area contributed by atoms with Gasteiger partial charge < -0.3 is 10.1 Å². The van der Waals surface area contributed by atoms with Gasteiger partial charge >= 0.3 is 6.61 Å². The van der Waals surface area contributed by atoms with E-state index < -0.39 is 19.1 Å². The van der Waals surface area contributed by atoms with Gasteiger partial charge in [0.2, 0.25) is 0 Å². The summed E-state index contributed by atoms with van der Waals surface area (Å²) in [6.45, 7) is -3.62. The molecule has 1 amide bonds. The molecule has 0 spiro atoms. The van der Waals surface area contributed by atoms with E-state index in [1.165, 1.54) is 12.3 Å². The summed E-state index contributed by atoms with van der Waals surface area (Å²) in [6, 6.07) is 1.49. The number of aromatic amines is 1. The van der Waals surface area contributed by atoms with Gasteiger partial charge in [-0.25, -0.2) is 0 Å². The lowest BCUT2D eigenvalue weighted by atomic mass is 10.6. The molecule has 1 heterocycles. The molecule has 0 aliphatic rings. The third-order valence-corrected chi connectivity index (χ3v) is 1.12. The number of hydrogen-bond acceptors (Lipinski definition) is 3. The van der Waals surface area contributed by atoms with Crippen molar-refractivity contribution in [3.05, 3.63) is 12.3 Å². The van der Waals surface area contributed by atoms with Gasteiger partial charge in [-0.05, 0) is 0 Å². The quantitative estimate of drug-likeness (QED) is 0.731. The van der Waals surface area contributed by atoms with E-state index in [0.717, 1.165) is 0 Å². The summed E-state index contributed by atoms with van der Waals surface area (Å²) in [5.41, 5.74) is 0. The zero-order chi connectivity index (χ0) is 9.68. The van der Waals surface area contributed by atoms with Crippen molar-refractivity contribution in [2.24, 2.45) is 0 Å². The fourth-order valence-corrected chi connectivity index (χ4v) is 0.650. The molecule has 7 heteroatoms. The van der Waals surface area contributed by atoms with E-state index >= 15 is 0 Å². The van der Waals surface area contributed by atoms with Crippen molar-refractivity contribution in [2.45, 2.75) is 6.61 Å². The number of H-pyrrole nitrogens is 1. The minimum atomic E-state index is -2.94. The fraction of sp³-hybridized carbons (Fsp3) is 0.333. The third-order valence-electron chi connectivity index (χ3n) is 1.12. The Balaban J connectivity index is 2.26. The molecule has 0 radical (unpaired) electrons. The van der Waals surface area contributed by atoms with Crippen LogP contribution in [-0.4, -0.2) is 29.3 Å². The first-order valence-corrected chi connectivity index (χ1v) is 3.37. The van der Waals surface area contributed by atoms with E-state index in [4.69, 9.17) is 0 Å². The summed E-state index contributed by atoms with van der Waals surface area (Å²) in [6.07, 6.45) is 1.42. The number of halogens is 2. The first kappa shape index (κ1) is 9.59. The van der Waals surface area contributed by atoms with Gasteiger partial charge in [0.15, 0.2) is 0 Å². The first-order valence-electron chi connectivity index (χ1n) is 3.37. The number of anilines is 1. The zero-order valence-electron chi connectivity index (χ0n) is 6.46. The average molecular weight is 191 g/mol. The molecule has 72 valence electrons. The Kier molecular flexibility index (Phi) is 3.32. The van der Waals surface area contributed by atoms with Crippen LogP contribution in [0.1, 0.15) is 0 Å². The number of ether oxygens (including phenoxy) is 1. The minimum absolute atomic E-state index is 0.336. The lowest BCUT2D eigenvalue weighted by Gasteiger charge is -2.02. The first-order chi connectivity index (χ1) is 6.18. The van der Waals surface area contributed by atoms with Crippen LogP contribution in [0, 0.1) is 0 Å². The Hall–Kier alpha value is -1.50. The van der Waals surface area contributed by atoms with Crippen LogP contribution < -0.4 is 5.32 Å². The molecule has 0 bridgehead atoms. The second-order valence-corrected chi connectivity index (χ2v) is 2.09. The number of carbonyl (C=O) groups is 1. The summed E-state index contributed by atoms with van der Waals surface area (Å²) >= 11 is 0. The second-order valence-electron chi connectivity index (χ2n) is 2.09. The lowest BCUT2D eigenvalue weighted by molar-refractivity contribution is -0.148. The maximum absolute atomic E-state index is 11.5. The van der Waals surface area contributed by atoms with Crippen LogP contribution in [0.15, 0.2) is 12.3 Å². The Morgan fingerprint density at radius 2 is 2.54 bits per heavy atom. The highest BCUT2D eigenvalue weighted by atomic mass is 19.3. The van der Waals surface area contributed by atoms with Crippen molar-refractivity contribution in [3.63, 3.8) is 0 Å². The number of hydrogen-bond donors (Lipinski definition) is 2. The number of nitrogens with zero attached hydrogens (tertiary/aromatic N) is 1. The Bertz CT molecular complexity index is 263. The molecule has 0 saturated carbocycles. The van der Waals surface area contributed by atoms with Crippen LogP contribution in [0.2, 0.25) is 0 Å². The number of rotatable bonds is 4. The van der Waals surface area contributed by atoms with E-state index in [-0.39, 0.29) is 0 Å². The fourth-order valence-electron chi connectivity index (χ4n) is 0.650. The van der Waals surface area contributed by atoms with Crippen LogP contribution in [0.3, 0.4) is 0 Å². The van der Waals surface area contributed by atoms with Crippen LogP contribution in [0.25, 0.3) is 0 Å². The van der Waals surface area contributed by atoms with Crippen LogP contribution in [0.5, 0.6) is 0 Å². The van der Waals surface area contributed by atoms with Crippen LogP contribution >= 0.6 is 0 Å². The maximum atomic E-state index is 11.5. The molecule has 0 fully saturated rings. The van der Waals surface area contributed by atoms with Crippen molar-refractivity contribution in [3.8, 4) is 0 Å². The predicted octanol–water partition coefficient (Wildman–Crippen LogP) is 0.587. The molecule has 0 aromatic carbocycles. The summed E-state index contributed by atoms with van der Waals surface area (Å²) < 4.78 is 26.7. The molecule has 5 nitrogen and oxygen atoms in total. The highest BCUT2D eigenvalue weighted by Gasteiger charge is 2.07. The van der Waals surface area contributed by atoms with Crippen molar-refractivity contribution < 1.29 is 18.3 Å². The normalized spacial score (nSPS) is 10.4. The summed E-state index contributed by atoms with van der Waals surface area (Å²) in [5.74, 6) is -0.326. The molecular weight excluding hydrogens is 184 g/mol. The van der Waals surface area contributed by atoms with Gasteiger partial charge in [0, 0.05) is 6.07 Å². The molecule has 1 rings (SSSR count). The highest BCUT2D eigenvalue weighted by Crippen LogP contribution is 1.99. The van der Waals surface area contributed by atoms with Gasteiger partial charge in [0.1, 0.15) is 12.4 Å². The second kappa shape index (κ2) is 4.51. The topological polar surface area (TPSA) is 67.0 Å². The molecule has 0 unspecified atom stereocenters.